The molecule has 0 radical (unpaired) electrons. The van der Waals surface area contributed by atoms with Crippen LogP contribution in [-0.2, 0) is 13.3 Å². The lowest BCUT2D eigenvalue weighted by Crippen LogP contribution is -2.38. The molecular weight excluding hydrogens is 188 g/mol. The molecule has 1 heterocycles. The Morgan fingerprint density at radius 2 is 2.33 bits per heavy atom. The van der Waals surface area contributed by atoms with Crippen molar-refractivity contribution in [1.82, 2.24) is 0 Å². The van der Waals surface area contributed by atoms with Crippen molar-refractivity contribution in [2.24, 2.45) is 0 Å². The van der Waals surface area contributed by atoms with Gasteiger partial charge >= 0.3 is 8.56 Å². The van der Waals surface area contributed by atoms with E-state index in [0.29, 0.717) is 6.10 Å². The second-order valence-corrected chi connectivity index (χ2v) is 8.04. The number of epoxide rings is 1. The van der Waals surface area contributed by atoms with Crippen molar-refractivity contribution < 1.29 is 13.3 Å². The number of rotatable bonds is 6. The molecular formula is C7H18O3Si2. The standard InChI is InChI=1S/C7H18O3Si2/c1-3-4-12(2,10-11)9-6-7-5-8-7/h7H,3-6H2,1-2,11H3. The van der Waals surface area contributed by atoms with Gasteiger partial charge in [0.05, 0.1) is 13.2 Å². The van der Waals surface area contributed by atoms with Gasteiger partial charge in [0.1, 0.15) is 16.6 Å². The van der Waals surface area contributed by atoms with Crippen LogP contribution in [0.1, 0.15) is 13.3 Å². The van der Waals surface area contributed by atoms with Crippen LogP contribution in [0.5, 0.6) is 0 Å². The Kier molecular flexibility index (Phi) is 3.92. The molecule has 5 heteroatoms. The summed E-state index contributed by atoms with van der Waals surface area (Å²) in [4.78, 5) is 0. The molecule has 0 amide bonds. The van der Waals surface area contributed by atoms with Crippen molar-refractivity contribution in [3.63, 3.8) is 0 Å². The van der Waals surface area contributed by atoms with E-state index in [9.17, 15) is 0 Å². The summed E-state index contributed by atoms with van der Waals surface area (Å²) in [6.45, 7) is 5.93. The van der Waals surface area contributed by atoms with Gasteiger partial charge in [0, 0.05) is 0 Å². The molecule has 2 atom stereocenters. The molecule has 1 aliphatic rings. The predicted octanol–water partition coefficient (Wildman–Crippen LogP) is 0.181. The number of hydrogen-bond acceptors (Lipinski definition) is 3. The maximum Gasteiger partial charge on any atom is 0.324 e. The summed E-state index contributed by atoms with van der Waals surface area (Å²) in [7, 11) is -0.977. The maximum atomic E-state index is 5.77. The van der Waals surface area contributed by atoms with Gasteiger partial charge < -0.3 is 13.3 Å². The average Bonchev–Trinajstić information content (AvgIpc) is 2.85. The molecule has 0 spiro atoms. The monoisotopic (exact) mass is 206 g/mol. The third-order valence-electron chi connectivity index (χ3n) is 2.11. The zero-order valence-corrected chi connectivity index (χ0v) is 11.1. The highest BCUT2D eigenvalue weighted by atomic mass is 28.4. The molecule has 1 fully saturated rings. The Labute approximate surface area is 78.2 Å². The lowest BCUT2D eigenvalue weighted by molar-refractivity contribution is 0.215. The summed E-state index contributed by atoms with van der Waals surface area (Å²) in [5, 5.41) is 0. The summed E-state index contributed by atoms with van der Waals surface area (Å²) in [5.74, 6) is 0. The van der Waals surface area contributed by atoms with Gasteiger partial charge in [-0.1, -0.05) is 13.3 Å². The van der Waals surface area contributed by atoms with Crippen molar-refractivity contribution >= 4 is 19.0 Å². The van der Waals surface area contributed by atoms with E-state index >= 15 is 0 Å². The minimum Gasteiger partial charge on any atom is -0.445 e. The lowest BCUT2D eigenvalue weighted by atomic mass is 10.5. The third-order valence-corrected chi connectivity index (χ3v) is 7.75. The van der Waals surface area contributed by atoms with E-state index in [0.717, 1.165) is 36.2 Å². The lowest BCUT2D eigenvalue weighted by Gasteiger charge is -2.24. The first-order chi connectivity index (χ1) is 5.70. The molecule has 0 N–H and O–H groups in total. The van der Waals surface area contributed by atoms with Crippen molar-refractivity contribution in [1.29, 1.82) is 0 Å². The molecule has 0 aliphatic carbocycles. The summed E-state index contributed by atoms with van der Waals surface area (Å²) in [6, 6.07) is 1.10. The molecule has 12 heavy (non-hydrogen) atoms. The van der Waals surface area contributed by atoms with Crippen molar-refractivity contribution in [3.8, 4) is 0 Å². The van der Waals surface area contributed by atoms with Crippen LogP contribution in [0.2, 0.25) is 12.6 Å². The number of hydrogen-bond donors (Lipinski definition) is 0. The normalized spacial score (nSPS) is 27.0. The molecule has 0 aromatic heterocycles. The highest BCUT2D eigenvalue weighted by molar-refractivity contribution is 6.68. The number of ether oxygens (including phenoxy) is 1. The van der Waals surface area contributed by atoms with E-state index in [2.05, 4.69) is 13.5 Å². The third kappa shape index (κ3) is 3.36. The Balaban J connectivity index is 2.20. The van der Waals surface area contributed by atoms with Crippen LogP contribution in [0.3, 0.4) is 0 Å². The van der Waals surface area contributed by atoms with Crippen molar-refractivity contribution in [2.75, 3.05) is 13.2 Å². The molecule has 2 unspecified atom stereocenters. The predicted molar refractivity (Wildman–Crippen MR) is 53.4 cm³/mol. The topological polar surface area (TPSA) is 31.0 Å². The largest absolute Gasteiger partial charge is 0.445 e. The average molecular weight is 206 g/mol. The van der Waals surface area contributed by atoms with Crippen LogP contribution >= 0.6 is 0 Å². The second kappa shape index (κ2) is 4.52. The molecule has 0 aromatic rings. The molecule has 1 rings (SSSR count). The molecule has 0 saturated carbocycles. The summed E-state index contributed by atoms with van der Waals surface area (Å²) >= 11 is 0. The maximum absolute atomic E-state index is 5.77. The fourth-order valence-corrected chi connectivity index (χ4v) is 4.00. The van der Waals surface area contributed by atoms with Gasteiger partial charge in [0.2, 0.25) is 0 Å². The van der Waals surface area contributed by atoms with Crippen molar-refractivity contribution in [3.05, 3.63) is 0 Å². The first-order valence-corrected chi connectivity index (χ1v) is 7.85. The van der Waals surface area contributed by atoms with Crippen LogP contribution in [0.15, 0.2) is 0 Å². The quantitative estimate of drug-likeness (QED) is 0.459. The Morgan fingerprint density at radius 1 is 1.67 bits per heavy atom. The SMILES string of the molecule is CCC[Si](C)(O[SiH3])OCC1CO1. The fraction of sp³-hybridized carbons (Fsp3) is 1.00. The van der Waals surface area contributed by atoms with Crippen LogP contribution in [0, 0.1) is 0 Å². The van der Waals surface area contributed by atoms with Gasteiger partial charge in [0.15, 0.2) is 0 Å². The van der Waals surface area contributed by atoms with Crippen molar-refractivity contribution in [2.45, 2.75) is 32.0 Å². The summed E-state index contributed by atoms with van der Waals surface area (Å²) in [6.07, 6.45) is 1.52. The van der Waals surface area contributed by atoms with Gasteiger partial charge in [-0.2, -0.15) is 0 Å². The molecule has 0 aromatic carbocycles. The molecule has 1 saturated heterocycles. The molecule has 1 aliphatic heterocycles. The summed E-state index contributed by atoms with van der Waals surface area (Å²) < 4.78 is 16.4. The van der Waals surface area contributed by atoms with Gasteiger partial charge in [-0.15, -0.1) is 0 Å². The van der Waals surface area contributed by atoms with E-state index in [1.807, 2.05) is 0 Å². The van der Waals surface area contributed by atoms with Gasteiger partial charge in [-0.25, -0.2) is 0 Å². The van der Waals surface area contributed by atoms with E-state index in [1.165, 1.54) is 0 Å². The van der Waals surface area contributed by atoms with E-state index < -0.39 is 8.56 Å². The van der Waals surface area contributed by atoms with Crippen LogP contribution in [-0.4, -0.2) is 38.4 Å². The fourth-order valence-electron chi connectivity index (χ4n) is 1.12. The van der Waals surface area contributed by atoms with E-state index in [1.54, 1.807) is 0 Å². The van der Waals surface area contributed by atoms with E-state index in [-0.39, 0.29) is 0 Å². The Bertz CT molecular complexity index is 141. The molecule has 72 valence electrons. The van der Waals surface area contributed by atoms with E-state index in [4.69, 9.17) is 13.3 Å². The van der Waals surface area contributed by atoms with Crippen LogP contribution in [0.4, 0.5) is 0 Å². The first-order valence-electron chi connectivity index (χ1n) is 4.51. The Hall–Kier alpha value is 0.314. The molecule has 0 bridgehead atoms. The first kappa shape index (κ1) is 10.4. The zero-order valence-electron chi connectivity index (χ0n) is 8.13. The zero-order chi connectivity index (χ0) is 9.03. The van der Waals surface area contributed by atoms with Crippen LogP contribution < -0.4 is 0 Å². The highest BCUT2D eigenvalue weighted by Gasteiger charge is 2.32. The second-order valence-electron chi connectivity index (χ2n) is 3.35. The van der Waals surface area contributed by atoms with Gasteiger partial charge in [0.25, 0.3) is 0 Å². The molecule has 3 nitrogen and oxygen atoms in total. The minimum atomic E-state index is -1.76. The smallest absolute Gasteiger partial charge is 0.324 e. The van der Waals surface area contributed by atoms with Gasteiger partial charge in [-0.3, -0.25) is 0 Å². The van der Waals surface area contributed by atoms with Gasteiger partial charge in [-0.05, 0) is 12.6 Å². The van der Waals surface area contributed by atoms with Crippen LogP contribution in [0.25, 0.3) is 0 Å². The highest BCUT2D eigenvalue weighted by Crippen LogP contribution is 2.17. The minimum absolute atomic E-state index is 0.366. The Morgan fingerprint density at radius 3 is 2.75 bits per heavy atom. The summed E-state index contributed by atoms with van der Waals surface area (Å²) in [5.41, 5.74) is 0.